The van der Waals surface area contributed by atoms with Crippen LogP contribution in [-0.4, -0.2) is 6.29 Å². The molecule has 0 saturated heterocycles. The van der Waals surface area contributed by atoms with Crippen molar-refractivity contribution in [2.75, 3.05) is 0 Å². The highest BCUT2D eigenvalue weighted by atomic mass is 19.1. The average Bonchev–Trinajstić information content (AvgIpc) is 2.43. The van der Waals surface area contributed by atoms with Gasteiger partial charge in [-0.2, -0.15) is 0 Å². The molecule has 1 aliphatic carbocycles. The topological polar surface area (TPSA) is 17.1 Å². The molecule has 1 nitrogen and oxygen atoms in total. The lowest BCUT2D eigenvalue weighted by atomic mass is 9.72. The largest absolute Gasteiger partial charge is 0.299 e. The lowest BCUT2D eigenvalue weighted by molar-refractivity contribution is -0.104. The highest BCUT2D eigenvalue weighted by molar-refractivity contribution is 5.67. The summed E-state index contributed by atoms with van der Waals surface area (Å²) in [6.45, 7) is 10.2. The number of aldehydes is 1. The lowest BCUT2D eigenvalue weighted by Gasteiger charge is -2.32. The van der Waals surface area contributed by atoms with Crippen LogP contribution in [0.4, 0.5) is 4.39 Å². The fourth-order valence-corrected chi connectivity index (χ4v) is 2.80. The maximum atomic E-state index is 14.1. The van der Waals surface area contributed by atoms with Crippen molar-refractivity contribution in [3.63, 3.8) is 0 Å². The van der Waals surface area contributed by atoms with Gasteiger partial charge in [0.2, 0.25) is 0 Å². The summed E-state index contributed by atoms with van der Waals surface area (Å²) in [6.07, 6.45) is 12.6. The normalized spacial score (nSPS) is 20.7. The summed E-state index contributed by atoms with van der Waals surface area (Å²) in [7, 11) is 0. The Labute approximate surface area is 134 Å². The van der Waals surface area contributed by atoms with Gasteiger partial charge in [0, 0.05) is 0 Å². The number of allylic oxidation sites excluding steroid dienone is 10. The summed E-state index contributed by atoms with van der Waals surface area (Å²) in [5.41, 5.74) is 4.22. The summed E-state index contributed by atoms with van der Waals surface area (Å²) in [4.78, 5) is 10.3. The minimum atomic E-state index is -0.276. The Bertz CT molecular complexity index is 569. The Morgan fingerprint density at radius 1 is 1.18 bits per heavy atom. The molecule has 1 rings (SSSR count). The maximum Gasteiger partial charge on any atom is 0.143 e. The highest BCUT2D eigenvalue weighted by Gasteiger charge is 2.26. The van der Waals surface area contributed by atoms with Crippen LogP contribution in [0.1, 0.15) is 53.9 Å². The Kier molecular flexibility index (Phi) is 6.73. The molecule has 0 aliphatic heterocycles. The molecule has 120 valence electrons. The van der Waals surface area contributed by atoms with E-state index in [0.717, 1.165) is 12.0 Å². The summed E-state index contributed by atoms with van der Waals surface area (Å²) in [5, 5.41) is 0. The van der Waals surface area contributed by atoms with Crippen LogP contribution in [0.25, 0.3) is 0 Å². The molecule has 0 saturated carbocycles. The zero-order valence-electron chi connectivity index (χ0n) is 14.4. The Morgan fingerprint density at radius 2 is 1.86 bits per heavy atom. The summed E-state index contributed by atoms with van der Waals surface area (Å²) >= 11 is 0. The fourth-order valence-electron chi connectivity index (χ4n) is 2.80. The second kappa shape index (κ2) is 8.07. The third-order valence-corrected chi connectivity index (χ3v) is 4.24. The van der Waals surface area contributed by atoms with E-state index in [0.29, 0.717) is 11.9 Å². The SMILES string of the molecule is CC1=C(\C=C/C(C)=C(F)\C=C\C(C)=C/C=O)C(C)(C)CCC1. The van der Waals surface area contributed by atoms with E-state index in [1.165, 1.54) is 36.1 Å². The summed E-state index contributed by atoms with van der Waals surface area (Å²) < 4.78 is 14.1. The van der Waals surface area contributed by atoms with Crippen LogP contribution in [0.3, 0.4) is 0 Å². The second-order valence-electron chi connectivity index (χ2n) is 6.68. The van der Waals surface area contributed by atoms with E-state index >= 15 is 0 Å². The first-order valence-electron chi connectivity index (χ1n) is 7.83. The van der Waals surface area contributed by atoms with Crippen molar-refractivity contribution in [2.45, 2.75) is 53.9 Å². The van der Waals surface area contributed by atoms with Crippen molar-refractivity contribution in [1.82, 2.24) is 0 Å². The molecule has 0 aromatic heterocycles. The minimum Gasteiger partial charge on any atom is -0.299 e. The molecule has 0 fully saturated rings. The van der Waals surface area contributed by atoms with Crippen LogP contribution < -0.4 is 0 Å². The van der Waals surface area contributed by atoms with Crippen molar-refractivity contribution in [3.8, 4) is 0 Å². The van der Waals surface area contributed by atoms with Gasteiger partial charge in [0.25, 0.3) is 0 Å². The van der Waals surface area contributed by atoms with Gasteiger partial charge >= 0.3 is 0 Å². The van der Waals surface area contributed by atoms with Gasteiger partial charge in [0.05, 0.1) is 0 Å². The van der Waals surface area contributed by atoms with Crippen LogP contribution in [0.2, 0.25) is 0 Å². The predicted octanol–water partition coefficient (Wildman–Crippen LogP) is 6.01. The third-order valence-electron chi connectivity index (χ3n) is 4.24. The first kappa shape index (κ1) is 18.3. The van der Waals surface area contributed by atoms with Crippen LogP contribution in [0.15, 0.2) is 58.5 Å². The van der Waals surface area contributed by atoms with Crippen molar-refractivity contribution in [3.05, 3.63) is 58.5 Å². The Hall–Kier alpha value is -1.70. The monoisotopic (exact) mass is 302 g/mol. The van der Waals surface area contributed by atoms with Crippen LogP contribution >= 0.6 is 0 Å². The van der Waals surface area contributed by atoms with Crippen LogP contribution in [0.5, 0.6) is 0 Å². The number of rotatable bonds is 5. The summed E-state index contributed by atoms with van der Waals surface area (Å²) in [6, 6.07) is 0. The van der Waals surface area contributed by atoms with E-state index in [4.69, 9.17) is 0 Å². The third kappa shape index (κ3) is 5.25. The zero-order valence-corrected chi connectivity index (χ0v) is 14.4. The molecule has 0 bridgehead atoms. The molecule has 0 heterocycles. The van der Waals surface area contributed by atoms with E-state index < -0.39 is 0 Å². The van der Waals surface area contributed by atoms with Gasteiger partial charge in [0.1, 0.15) is 12.1 Å². The minimum absolute atomic E-state index is 0.161. The van der Waals surface area contributed by atoms with E-state index in [9.17, 15) is 9.18 Å². The average molecular weight is 302 g/mol. The molecule has 0 spiro atoms. The first-order chi connectivity index (χ1) is 10.3. The molecule has 22 heavy (non-hydrogen) atoms. The molecule has 0 radical (unpaired) electrons. The Morgan fingerprint density at radius 3 is 2.45 bits per heavy atom. The predicted molar refractivity (Wildman–Crippen MR) is 92.2 cm³/mol. The van der Waals surface area contributed by atoms with Crippen molar-refractivity contribution >= 4 is 6.29 Å². The smallest absolute Gasteiger partial charge is 0.143 e. The van der Waals surface area contributed by atoms with E-state index in [1.54, 1.807) is 19.9 Å². The van der Waals surface area contributed by atoms with Crippen molar-refractivity contribution in [1.29, 1.82) is 0 Å². The molecular weight excluding hydrogens is 275 g/mol. The molecule has 2 heteroatoms. The number of carbonyl (C=O) groups is 1. The molecule has 0 atom stereocenters. The second-order valence-corrected chi connectivity index (χ2v) is 6.68. The standard InChI is InChI=1S/C20H27FO/c1-15(12-14-22)8-11-19(21)17(3)9-10-18-16(2)7-6-13-20(18,4)5/h8-12,14H,6-7,13H2,1-5H3/b10-9-,11-8+,15-12-,19-17+. The molecule has 0 unspecified atom stereocenters. The number of hydrogen-bond donors (Lipinski definition) is 0. The van der Waals surface area contributed by atoms with E-state index in [-0.39, 0.29) is 11.2 Å². The van der Waals surface area contributed by atoms with Crippen LogP contribution in [0, 0.1) is 5.41 Å². The van der Waals surface area contributed by atoms with Gasteiger partial charge in [-0.25, -0.2) is 4.39 Å². The van der Waals surface area contributed by atoms with Gasteiger partial charge in [-0.3, -0.25) is 4.79 Å². The number of hydrogen-bond acceptors (Lipinski definition) is 1. The van der Waals surface area contributed by atoms with Gasteiger partial charge < -0.3 is 0 Å². The molecule has 0 amide bonds. The van der Waals surface area contributed by atoms with Gasteiger partial charge in [-0.15, -0.1) is 0 Å². The van der Waals surface area contributed by atoms with Gasteiger partial charge in [-0.05, 0) is 74.3 Å². The zero-order chi connectivity index (χ0) is 16.8. The fraction of sp³-hybridized carbons (Fsp3) is 0.450. The maximum absolute atomic E-state index is 14.1. The molecule has 0 aromatic rings. The Balaban J connectivity index is 2.94. The molecular formula is C20H27FO. The molecule has 0 N–H and O–H groups in total. The number of carbonyl (C=O) groups excluding carboxylic acids is 1. The number of halogens is 1. The summed E-state index contributed by atoms with van der Waals surface area (Å²) in [5.74, 6) is -0.276. The van der Waals surface area contributed by atoms with Crippen molar-refractivity contribution in [2.24, 2.45) is 5.41 Å². The lowest BCUT2D eigenvalue weighted by Crippen LogP contribution is -2.19. The van der Waals surface area contributed by atoms with Gasteiger partial charge in [-0.1, -0.05) is 37.6 Å². The highest BCUT2D eigenvalue weighted by Crippen LogP contribution is 2.40. The molecule has 0 aromatic carbocycles. The van der Waals surface area contributed by atoms with E-state index in [1.807, 2.05) is 6.08 Å². The molecule has 1 aliphatic rings. The van der Waals surface area contributed by atoms with Gasteiger partial charge in [0.15, 0.2) is 0 Å². The quantitative estimate of drug-likeness (QED) is 0.345. The van der Waals surface area contributed by atoms with E-state index in [2.05, 4.69) is 26.8 Å². The van der Waals surface area contributed by atoms with Crippen LogP contribution in [-0.2, 0) is 4.79 Å². The first-order valence-corrected chi connectivity index (χ1v) is 7.83. The van der Waals surface area contributed by atoms with Crippen molar-refractivity contribution < 1.29 is 9.18 Å².